The molecule has 0 aromatic heterocycles. The van der Waals surface area contributed by atoms with Gasteiger partial charge in [-0.05, 0) is 65.0 Å². The minimum Gasteiger partial charge on any atom is -0.317 e. The lowest BCUT2D eigenvalue weighted by Crippen LogP contribution is -2.50. The van der Waals surface area contributed by atoms with Crippen molar-refractivity contribution in [1.82, 2.24) is 15.1 Å². The third kappa shape index (κ3) is 3.19. The monoisotopic (exact) mass is 225 g/mol. The Bertz CT molecular complexity index is 199. The van der Waals surface area contributed by atoms with Crippen molar-refractivity contribution in [3.05, 3.63) is 0 Å². The summed E-state index contributed by atoms with van der Waals surface area (Å²) in [4.78, 5) is 5.24. The van der Waals surface area contributed by atoms with E-state index in [0.717, 1.165) is 12.0 Å². The van der Waals surface area contributed by atoms with Gasteiger partial charge in [-0.2, -0.15) is 0 Å². The first-order valence-corrected chi connectivity index (χ1v) is 6.90. The Morgan fingerprint density at radius 2 is 1.75 bits per heavy atom. The summed E-state index contributed by atoms with van der Waals surface area (Å²) in [5.74, 6) is 0.839. The molecule has 0 aliphatic carbocycles. The third-order valence-corrected chi connectivity index (χ3v) is 4.13. The first kappa shape index (κ1) is 12.3. The van der Waals surface area contributed by atoms with Crippen molar-refractivity contribution in [3.8, 4) is 0 Å². The zero-order valence-electron chi connectivity index (χ0n) is 10.9. The van der Waals surface area contributed by atoms with E-state index in [4.69, 9.17) is 0 Å². The molecule has 0 aromatic rings. The van der Waals surface area contributed by atoms with Gasteiger partial charge in [-0.25, -0.2) is 0 Å². The van der Waals surface area contributed by atoms with Crippen LogP contribution in [0.4, 0.5) is 0 Å². The maximum atomic E-state index is 3.49. The van der Waals surface area contributed by atoms with Gasteiger partial charge >= 0.3 is 0 Å². The molecule has 2 heterocycles. The second-order valence-corrected chi connectivity index (χ2v) is 5.59. The molecular weight excluding hydrogens is 198 g/mol. The largest absolute Gasteiger partial charge is 0.317 e. The minimum atomic E-state index is 0.839. The number of likely N-dealkylation sites (tertiary alicyclic amines) is 1. The highest BCUT2D eigenvalue weighted by atomic mass is 15.2. The first-order chi connectivity index (χ1) is 7.77. The highest BCUT2D eigenvalue weighted by Gasteiger charge is 2.28. The lowest BCUT2D eigenvalue weighted by atomic mass is 9.92. The fourth-order valence-corrected chi connectivity index (χ4v) is 3.27. The molecule has 0 radical (unpaired) electrons. The molecule has 0 bridgehead atoms. The first-order valence-electron chi connectivity index (χ1n) is 6.90. The maximum absolute atomic E-state index is 3.49. The highest BCUT2D eigenvalue weighted by Crippen LogP contribution is 2.22. The summed E-state index contributed by atoms with van der Waals surface area (Å²) < 4.78 is 0. The van der Waals surface area contributed by atoms with Crippen LogP contribution in [0.1, 0.15) is 26.2 Å². The van der Waals surface area contributed by atoms with Gasteiger partial charge in [0.2, 0.25) is 0 Å². The van der Waals surface area contributed by atoms with Gasteiger partial charge in [-0.15, -0.1) is 0 Å². The topological polar surface area (TPSA) is 18.5 Å². The molecule has 0 saturated carbocycles. The number of piperidine rings is 1. The summed E-state index contributed by atoms with van der Waals surface area (Å²) in [7, 11) is 2.25. The Balaban J connectivity index is 1.88. The van der Waals surface area contributed by atoms with Crippen LogP contribution in [0.15, 0.2) is 0 Å². The zero-order chi connectivity index (χ0) is 11.4. The van der Waals surface area contributed by atoms with Crippen molar-refractivity contribution < 1.29 is 0 Å². The fraction of sp³-hybridized carbons (Fsp3) is 1.00. The molecular formula is C13H27N3. The number of hydrogen-bond acceptors (Lipinski definition) is 3. The molecule has 0 amide bonds. The van der Waals surface area contributed by atoms with Crippen molar-refractivity contribution >= 4 is 0 Å². The predicted molar refractivity (Wildman–Crippen MR) is 68.7 cm³/mol. The average Bonchev–Trinajstić information content (AvgIpc) is 2.19. The number of nitrogens with zero attached hydrogens (tertiary/aromatic N) is 2. The molecule has 2 saturated heterocycles. The normalized spacial score (nSPS) is 35.6. The molecule has 0 aromatic carbocycles. The number of hydrogen-bond donors (Lipinski definition) is 1. The van der Waals surface area contributed by atoms with Crippen molar-refractivity contribution in [2.24, 2.45) is 5.92 Å². The molecule has 2 unspecified atom stereocenters. The molecule has 2 fully saturated rings. The highest BCUT2D eigenvalue weighted by molar-refractivity contribution is 4.84. The van der Waals surface area contributed by atoms with Gasteiger partial charge in [0.05, 0.1) is 0 Å². The van der Waals surface area contributed by atoms with E-state index in [2.05, 4.69) is 29.1 Å². The van der Waals surface area contributed by atoms with Crippen LogP contribution in [0.25, 0.3) is 0 Å². The van der Waals surface area contributed by atoms with Crippen molar-refractivity contribution in [1.29, 1.82) is 0 Å². The van der Waals surface area contributed by atoms with Crippen LogP contribution in [-0.4, -0.2) is 62.2 Å². The molecule has 2 aliphatic heterocycles. The van der Waals surface area contributed by atoms with Crippen LogP contribution in [0.2, 0.25) is 0 Å². The van der Waals surface area contributed by atoms with E-state index in [1.807, 2.05) is 0 Å². The lowest BCUT2D eigenvalue weighted by molar-refractivity contribution is 0.0706. The molecule has 0 spiro atoms. The van der Waals surface area contributed by atoms with Gasteiger partial charge in [0.15, 0.2) is 0 Å². The predicted octanol–water partition coefficient (Wildman–Crippen LogP) is 1.01. The Morgan fingerprint density at radius 1 is 1.06 bits per heavy atom. The van der Waals surface area contributed by atoms with Crippen LogP contribution in [0, 0.1) is 5.92 Å². The summed E-state index contributed by atoms with van der Waals surface area (Å²) >= 11 is 0. The molecule has 94 valence electrons. The van der Waals surface area contributed by atoms with Gasteiger partial charge in [0, 0.05) is 12.6 Å². The summed E-state index contributed by atoms with van der Waals surface area (Å²) in [6.45, 7) is 9.99. The average molecular weight is 225 g/mol. The maximum Gasteiger partial charge on any atom is 0.0145 e. The number of rotatable bonds is 1. The fourth-order valence-electron chi connectivity index (χ4n) is 3.27. The van der Waals surface area contributed by atoms with Crippen molar-refractivity contribution in [2.75, 3.05) is 46.3 Å². The smallest absolute Gasteiger partial charge is 0.0145 e. The quantitative estimate of drug-likeness (QED) is 0.718. The number of nitrogens with one attached hydrogen (secondary N) is 1. The van der Waals surface area contributed by atoms with Crippen LogP contribution in [-0.2, 0) is 0 Å². The summed E-state index contributed by atoms with van der Waals surface area (Å²) in [6, 6.07) is 0.842. The van der Waals surface area contributed by atoms with E-state index in [1.165, 1.54) is 58.5 Å². The molecule has 2 rings (SSSR count). The van der Waals surface area contributed by atoms with Gasteiger partial charge in [0.25, 0.3) is 0 Å². The minimum absolute atomic E-state index is 0.839. The molecule has 3 heteroatoms. The van der Waals surface area contributed by atoms with E-state index in [-0.39, 0.29) is 0 Å². The third-order valence-electron chi connectivity index (χ3n) is 4.13. The molecule has 2 aliphatic rings. The van der Waals surface area contributed by atoms with E-state index in [1.54, 1.807) is 0 Å². The molecule has 1 N–H and O–H groups in total. The summed E-state index contributed by atoms with van der Waals surface area (Å²) in [5.41, 5.74) is 0. The van der Waals surface area contributed by atoms with Crippen LogP contribution in [0.5, 0.6) is 0 Å². The van der Waals surface area contributed by atoms with Crippen LogP contribution >= 0.6 is 0 Å². The second kappa shape index (κ2) is 5.99. The van der Waals surface area contributed by atoms with Gasteiger partial charge < -0.3 is 10.2 Å². The Labute approximate surface area is 100 Å². The van der Waals surface area contributed by atoms with Gasteiger partial charge in [0.1, 0.15) is 0 Å². The van der Waals surface area contributed by atoms with Gasteiger partial charge in [-0.3, -0.25) is 4.90 Å². The molecule has 3 nitrogen and oxygen atoms in total. The summed E-state index contributed by atoms with van der Waals surface area (Å²) in [6.07, 6.45) is 4.00. The Hall–Kier alpha value is -0.120. The van der Waals surface area contributed by atoms with Crippen molar-refractivity contribution in [3.63, 3.8) is 0 Å². The van der Waals surface area contributed by atoms with Crippen LogP contribution < -0.4 is 5.32 Å². The zero-order valence-corrected chi connectivity index (χ0v) is 10.9. The Kier molecular flexibility index (Phi) is 4.62. The van der Waals surface area contributed by atoms with E-state index >= 15 is 0 Å². The van der Waals surface area contributed by atoms with E-state index in [9.17, 15) is 0 Å². The molecule has 16 heavy (non-hydrogen) atoms. The summed E-state index contributed by atoms with van der Waals surface area (Å²) in [5, 5.41) is 3.49. The van der Waals surface area contributed by atoms with E-state index in [0.29, 0.717) is 0 Å². The van der Waals surface area contributed by atoms with E-state index < -0.39 is 0 Å². The Morgan fingerprint density at radius 3 is 2.38 bits per heavy atom. The lowest BCUT2D eigenvalue weighted by Gasteiger charge is -2.42. The second-order valence-electron chi connectivity index (χ2n) is 5.59. The van der Waals surface area contributed by atoms with Gasteiger partial charge in [-0.1, -0.05) is 6.92 Å². The molecule has 2 atom stereocenters. The van der Waals surface area contributed by atoms with Crippen LogP contribution in [0.3, 0.4) is 0 Å². The standard InChI is InChI=1S/C13H27N3/c1-12-11-15(2)10-5-13(12)16-8-3-6-14-7-4-9-16/h12-14H,3-11H2,1-2H3. The SMILES string of the molecule is CC1CN(C)CCC1N1CCCNCCC1. The van der Waals surface area contributed by atoms with Crippen molar-refractivity contribution in [2.45, 2.75) is 32.2 Å².